The van der Waals surface area contributed by atoms with Gasteiger partial charge in [-0.25, -0.2) is 0 Å². The molecule has 1 heterocycles. The number of amides is 1. The van der Waals surface area contributed by atoms with Crippen molar-refractivity contribution in [2.75, 3.05) is 12.4 Å². The maximum Gasteiger partial charge on any atom is 0.227 e. The Balaban J connectivity index is 2.13. The summed E-state index contributed by atoms with van der Waals surface area (Å²) in [6.45, 7) is 5.61. The van der Waals surface area contributed by atoms with Gasteiger partial charge in [-0.3, -0.25) is 4.79 Å². The van der Waals surface area contributed by atoms with Crippen LogP contribution in [0.3, 0.4) is 0 Å². The largest absolute Gasteiger partial charge is 0.494 e. The minimum absolute atomic E-state index is 0.197. The number of hydrogen-bond donors (Lipinski definition) is 1. The first kappa shape index (κ1) is 17.3. The Bertz CT molecular complexity index is 640. The van der Waals surface area contributed by atoms with Gasteiger partial charge in [-0.05, 0) is 37.6 Å². The summed E-state index contributed by atoms with van der Waals surface area (Å²) in [5, 5.41) is 9.09. The maximum atomic E-state index is 10.9. The van der Waals surface area contributed by atoms with Gasteiger partial charge < -0.3 is 15.0 Å². The highest BCUT2D eigenvalue weighted by Crippen LogP contribution is 2.25. The predicted molar refractivity (Wildman–Crippen MR) is 91.5 cm³/mol. The van der Waals surface area contributed by atoms with Crippen LogP contribution in [-0.2, 0) is 11.3 Å². The summed E-state index contributed by atoms with van der Waals surface area (Å²) in [5.41, 5.74) is 6.15. The van der Waals surface area contributed by atoms with Gasteiger partial charge in [-0.15, -0.1) is 10.2 Å². The number of nitrogens with two attached hydrogens (primary N) is 1. The molecule has 0 spiro atoms. The standard InChI is InChI=1S/C16H22N4O2S/c1-3-5-10-22-13-8-6-12(7-9-13)15-18-19-16(20(15)4-2)23-11-14(17)21/h6-9H,3-5,10-11H2,1-2H3,(H2,17,21). The minimum Gasteiger partial charge on any atom is -0.494 e. The lowest BCUT2D eigenvalue weighted by atomic mass is 10.2. The number of aromatic nitrogens is 3. The molecule has 0 saturated carbocycles. The summed E-state index contributed by atoms with van der Waals surface area (Å²) >= 11 is 1.30. The summed E-state index contributed by atoms with van der Waals surface area (Å²) in [6.07, 6.45) is 2.16. The Morgan fingerprint density at radius 2 is 2.00 bits per heavy atom. The van der Waals surface area contributed by atoms with E-state index >= 15 is 0 Å². The number of primary amides is 1. The van der Waals surface area contributed by atoms with Gasteiger partial charge in [0, 0.05) is 12.1 Å². The first-order valence-electron chi connectivity index (χ1n) is 7.73. The Morgan fingerprint density at radius 3 is 2.61 bits per heavy atom. The number of thioether (sulfide) groups is 1. The van der Waals surface area contributed by atoms with E-state index in [-0.39, 0.29) is 11.7 Å². The lowest BCUT2D eigenvalue weighted by Crippen LogP contribution is -2.13. The molecule has 0 unspecified atom stereocenters. The average molecular weight is 334 g/mol. The molecule has 0 aliphatic carbocycles. The molecule has 7 heteroatoms. The second kappa shape index (κ2) is 8.57. The smallest absolute Gasteiger partial charge is 0.227 e. The summed E-state index contributed by atoms with van der Waals surface area (Å²) in [4.78, 5) is 10.9. The van der Waals surface area contributed by atoms with E-state index in [0.29, 0.717) is 5.16 Å². The van der Waals surface area contributed by atoms with Crippen LogP contribution in [-0.4, -0.2) is 33.0 Å². The average Bonchev–Trinajstić information content (AvgIpc) is 2.96. The molecule has 1 aromatic carbocycles. The van der Waals surface area contributed by atoms with Crippen LogP contribution in [0.5, 0.6) is 5.75 Å². The fourth-order valence-electron chi connectivity index (χ4n) is 2.06. The van der Waals surface area contributed by atoms with E-state index in [1.54, 1.807) is 0 Å². The van der Waals surface area contributed by atoms with Crippen LogP contribution in [0.1, 0.15) is 26.7 Å². The predicted octanol–water partition coefficient (Wildman–Crippen LogP) is 2.72. The van der Waals surface area contributed by atoms with Crippen LogP contribution >= 0.6 is 11.8 Å². The fraction of sp³-hybridized carbons (Fsp3) is 0.438. The van der Waals surface area contributed by atoms with Crippen molar-refractivity contribution in [3.05, 3.63) is 24.3 Å². The van der Waals surface area contributed by atoms with Crippen molar-refractivity contribution in [2.45, 2.75) is 38.4 Å². The molecule has 2 rings (SSSR count). The number of benzene rings is 1. The van der Waals surface area contributed by atoms with Gasteiger partial charge in [0.15, 0.2) is 11.0 Å². The second-order valence-corrected chi connectivity index (χ2v) is 5.97. The highest BCUT2D eigenvalue weighted by atomic mass is 32.2. The van der Waals surface area contributed by atoms with E-state index in [1.165, 1.54) is 11.8 Å². The van der Waals surface area contributed by atoms with Gasteiger partial charge in [0.2, 0.25) is 5.91 Å². The fourth-order valence-corrected chi connectivity index (χ4v) is 2.81. The molecule has 2 N–H and O–H groups in total. The highest BCUT2D eigenvalue weighted by Gasteiger charge is 2.13. The first-order chi connectivity index (χ1) is 11.2. The number of unbranched alkanes of at least 4 members (excludes halogenated alkanes) is 1. The molecule has 0 aliphatic heterocycles. The van der Waals surface area contributed by atoms with Gasteiger partial charge in [0.05, 0.1) is 12.4 Å². The quantitative estimate of drug-likeness (QED) is 0.563. The molecule has 6 nitrogen and oxygen atoms in total. The third-order valence-electron chi connectivity index (χ3n) is 3.26. The number of nitrogens with zero attached hydrogens (tertiary/aromatic N) is 3. The van der Waals surface area contributed by atoms with Crippen LogP contribution < -0.4 is 10.5 Å². The SMILES string of the molecule is CCCCOc1ccc(-c2nnc(SCC(N)=O)n2CC)cc1. The number of carbonyl (C=O) groups excluding carboxylic acids is 1. The van der Waals surface area contributed by atoms with Crippen molar-refractivity contribution in [1.82, 2.24) is 14.8 Å². The van der Waals surface area contributed by atoms with Crippen LogP contribution in [0.2, 0.25) is 0 Å². The molecule has 124 valence electrons. The van der Waals surface area contributed by atoms with Crippen molar-refractivity contribution in [1.29, 1.82) is 0 Å². The van der Waals surface area contributed by atoms with Crippen LogP contribution in [0.15, 0.2) is 29.4 Å². The molecule has 0 saturated heterocycles. The Hall–Kier alpha value is -2.02. The molecular weight excluding hydrogens is 312 g/mol. The Kier molecular flexibility index (Phi) is 6.46. The van der Waals surface area contributed by atoms with Crippen molar-refractivity contribution in [3.8, 4) is 17.1 Å². The van der Waals surface area contributed by atoms with Crippen molar-refractivity contribution in [3.63, 3.8) is 0 Å². The van der Waals surface area contributed by atoms with Gasteiger partial charge in [0.1, 0.15) is 5.75 Å². The summed E-state index contributed by atoms with van der Waals surface area (Å²) in [7, 11) is 0. The zero-order valence-corrected chi connectivity index (χ0v) is 14.3. The van der Waals surface area contributed by atoms with Gasteiger partial charge in [-0.1, -0.05) is 25.1 Å². The molecule has 0 atom stereocenters. The number of ether oxygens (including phenoxy) is 1. The van der Waals surface area contributed by atoms with E-state index in [4.69, 9.17) is 10.5 Å². The topological polar surface area (TPSA) is 83.0 Å². The van der Waals surface area contributed by atoms with E-state index in [1.807, 2.05) is 35.8 Å². The molecular formula is C16H22N4O2S. The van der Waals surface area contributed by atoms with Crippen molar-refractivity contribution in [2.24, 2.45) is 5.73 Å². The normalized spacial score (nSPS) is 10.7. The number of rotatable bonds is 9. The lowest BCUT2D eigenvalue weighted by molar-refractivity contribution is -0.115. The number of hydrogen-bond acceptors (Lipinski definition) is 5. The Labute approximate surface area is 140 Å². The highest BCUT2D eigenvalue weighted by molar-refractivity contribution is 7.99. The minimum atomic E-state index is -0.365. The van der Waals surface area contributed by atoms with Gasteiger partial charge >= 0.3 is 0 Å². The molecule has 1 amide bonds. The summed E-state index contributed by atoms with van der Waals surface area (Å²) < 4.78 is 7.64. The lowest BCUT2D eigenvalue weighted by Gasteiger charge is -2.08. The van der Waals surface area contributed by atoms with E-state index in [9.17, 15) is 4.79 Å². The molecule has 1 aromatic heterocycles. The zero-order chi connectivity index (χ0) is 16.7. The molecule has 0 aliphatic rings. The summed E-state index contributed by atoms with van der Waals surface area (Å²) in [5.74, 6) is 1.46. The van der Waals surface area contributed by atoms with Gasteiger partial charge in [-0.2, -0.15) is 0 Å². The maximum absolute atomic E-state index is 10.9. The Morgan fingerprint density at radius 1 is 1.26 bits per heavy atom. The number of carbonyl (C=O) groups is 1. The molecule has 2 aromatic rings. The first-order valence-corrected chi connectivity index (χ1v) is 8.71. The van der Waals surface area contributed by atoms with Crippen LogP contribution in [0, 0.1) is 0 Å². The second-order valence-electron chi connectivity index (χ2n) is 5.03. The van der Waals surface area contributed by atoms with Gasteiger partial charge in [0.25, 0.3) is 0 Å². The van der Waals surface area contributed by atoms with E-state index in [0.717, 1.165) is 43.1 Å². The monoisotopic (exact) mass is 334 g/mol. The van der Waals surface area contributed by atoms with E-state index < -0.39 is 0 Å². The molecule has 0 bridgehead atoms. The van der Waals surface area contributed by atoms with Crippen molar-refractivity contribution < 1.29 is 9.53 Å². The van der Waals surface area contributed by atoms with Crippen LogP contribution in [0.25, 0.3) is 11.4 Å². The zero-order valence-electron chi connectivity index (χ0n) is 13.5. The summed E-state index contributed by atoms with van der Waals surface area (Å²) in [6, 6.07) is 7.83. The van der Waals surface area contributed by atoms with E-state index in [2.05, 4.69) is 17.1 Å². The molecule has 0 radical (unpaired) electrons. The molecule has 23 heavy (non-hydrogen) atoms. The van der Waals surface area contributed by atoms with Crippen LogP contribution in [0.4, 0.5) is 0 Å². The molecule has 0 fully saturated rings. The van der Waals surface area contributed by atoms with Crippen molar-refractivity contribution >= 4 is 17.7 Å². The third-order valence-corrected chi connectivity index (χ3v) is 4.24. The third kappa shape index (κ3) is 4.72.